The molecule has 0 saturated heterocycles. The van der Waals surface area contributed by atoms with Gasteiger partial charge in [-0.2, -0.15) is 0 Å². The summed E-state index contributed by atoms with van der Waals surface area (Å²) in [5, 5.41) is 0. The predicted octanol–water partition coefficient (Wildman–Crippen LogP) is 3.10. The standard InChI is InChI=1S/C13H14N2/c1-2-6-10(7-3-1)13-14-11-8-4-5-9-12(11)15-13/h1-2,4,6,8H,3,5,7,9H2,(H,14,15). The Morgan fingerprint density at radius 1 is 1.13 bits per heavy atom. The molecule has 15 heavy (non-hydrogen) atoms. The molecule has 0 atom stereocenters. The van der Waals surface area contributed by atoms with Crippen LogP contribution in [0.3, 0.4) is 0 Å². The first-order valence-electron chi connectivity index (χ1n) is 5.55. The van der Waals surface area contributed by atoms with Gasteiger partial charge >= 0.3 is 0 Å². The van der Waals surface area contributed by atoms with Crippen LogP contribution in [-0.4, -0.2) is 9.97 Å². The summed E-state index contributed by atoms with van der Waals surface area (Å²) in [5.41, 5.74) is 3.76. The molecule has 0 saturated carbocycles. The van der Waals surface area contributed by atoms with Gasteiger partial charge in [0.25, 0.3) is 0 Å². The summed E-state index contributed by atoms with van der Waals surface area (Å²) in [6, 6.07) is 0. The summed E-state index contributed by atoms with van der Waals surface area (Å²) in [5.74, 6) is 1.07. The summed E-state index contributed by atoms with van der Waals surface area (Å²) >= 11 is 0. The average Bonchev–Trinajstić information content (AvgIpc) is 2.74. The highest BCUT2D eigenvalue weighted by atomic mass is 14.9. The third-order valence-corrected chi connectivity index (χ3v) is 2.97. The van der Waals surface area contributed by atoms with Crippen LogP contribution in [0.5, 0.6) is 0 Å². The summed E-state index contributed by atoms with van der Waals surface area (Å²) in [7, 11) is 0. The van der Waals surface area contributed by atoms with Crippen LogP contribution in [0.25, 0.3) is 11.6 Å². The molecule has 2 aliphatic carbocycles. The van der Waals surface area contributed by atoms with Gasteiger partial charge in [0, 0.05) is 5.69 Å². The fourth-order valence-electron chi connectivity index (χ4n) is 2.13. The Morgan fingerprint density at radius 3 is 2.87 bits per heavy atom. The van der Waals surface area contributed by atoms with Crippen LogP contribution < -0.4 is 0 Å². The molecule has 1 aromatic heterocycles. The lowest BCUT2D eigenvalue weighted by Gasteiger charge is -2.04. The molecule has 0 bridgehead atoms. The van der Waals surface area contributed by atoms with Gasteiger partial charge in [-0.05, 0) is 37.3 Å². The van der Waals surface area contributed by atoms with E-state index >= 15 is 0 Å². The quantitative estimate of drug-likeness (QED) is 0.738. The summed E-state index contributed by atoms with van der Waals surface area (Å²) in [4.78, 5) is 8.07. The van der Waals surface area contributed by atoms with E-state index in [4.69, 9.17) is 0 Å². The van der Waals surface area contributed by atoms with Gasteiger partial charge in [0.15, 0.2) is 0 Å². The lowest BCUT2D eigenvalue weighted by Crippen LogP contribution is -1.92. The fourth-order valence-corrected chi connectivity index (χ4v) is 2.13. The molecule has 0 aliphatic heterocycles. The molecule has 1 N–H and O–H groups in total. The van der Waals surface area contributed by atoms with Crippen LogP contribution in [0.1, 0.15) is 36.5 Å². The Balaban J connectivity index is 1.99. The Labute approximate surface area is 89.4 Å². The molecule has 0 amide bonds. The number of nitrogens with zero attached hydrogens (tertiary/aromatic N) is 1. The Bertz CT molecular complexity index is 461. The van der Waals surface area contributed by atoms with Gasteiger partial charge in [-0.1, -0.05) is 24.3 Å². The van der Waals surface area contributed by atoms with E-state index in [9.17, 15) is 0 Å². The van der Waals surface area contributed by atoms with Crippen LogP contribution in [0.4, 0.5) is 0 Å². The highest BCUT2D eigenvalue weighted by Crippen LogP contribution is 2.24. The molecule has 0 spiro atoms. The van der Waals surface area contributed by atoms with Gasteiger partial charge in [-0.25, -0.2) is 4.98 Å². The molecule has 0 aromatic carbocycles. The molecule has 0 fully saturated rings. The normalized spacial score (nSPS) is 18.8. The topological polar surface area (TPSA) is 28.7 Å². The molecule has 76 valence electrons. The lowest BCUT2D eigenvalue weighted by atomic mass is 10.1. The SMILES string of the molecule is C1=CCCC(c2nc3c([nH]2)CCC=C3)=C1. The fraction of sp³-hybridized carbons (Fsp3) is 0.308. The van der Waals surface area contributed by atoms with Crippen molar-refractivity contribution >= 4 is 11.6 Å². The number of aryl methyl sites for hydroxylation is 1. The van der Waals surface area contributed by atoms with Crippen molar-refractivity contribution in [2.24, 2.45) is 0 Å². The van der Waals surface area contributed by atoms with Crippen LogP contribution in [0.2, 0.25) is 0 Å². The van der Waals surface area contributed by atoms with Crippen LogP contribution >= 0.6 is 0 Å². The minimum Gasteiger partial charge on any atom is -0.342 e. The van der Waals surface area contributed by atoms with Crippen LogP contribution in [0.15, 0.2) is 24.3 Å². The van der Waals surface area contributed by atoms with Crippen molar-refractivity contribution in [2.45, 2.75) is 25.7 Å². The number of fused-ring (bicyclic) bond motifs is 1. The van der Waals surface area contributed by atoms with Crippen molar-refractivity contribution in [3.63, 3.8) is 0 Å². The molecular weight excluding hydrogens is 184 g/mol. The first-order chi connectivity index (χ1) is 7.43. The number of aromatic amines is 1. The van der Waals surface area contributed by atoms with Crippen molar-refractivity contribution in [1.82, 2.24) is 9.97 Å². The second-order valence-corrected chi connectivity index (χ2v) is 4.05. The third kappa shape index (κ3) is 1.56. The third-order valence-electron chi connectivity index (χ3n) is 2.97. The Morgan fingerprint density at radius 2 is 2.07 bits per heavy atom. The van der Waals surface area contributed by atoms with Crippen LogP contribution in [-0.2, 0) is 6.42 Å². The monoisotopic (exact) mass is 198 g/mol. The number of imidazole rings is 1. The number of hydrogen-bond donors (Lipinski definition) is 1. The number of H-pyrrole nitrogens is 1. The first-order valence-corrected chi connectivity index (χ1v) is 5.55. The maximum atomic E-state index is 4.63. The molecule has 1 aromatic rings. The lowest BCUT2D eigenvalue weighted by molar-refractivity contribution is 0.938. The Hall–Kier alpha value is -1.57. The van der Waals surface area contributed by atoms with Gasteiger partial charge in [-0.15, -0.1) is 0 Å². The first kappa shape index (κ1) is 8.72. The zero-order valence-electron chi connectivity index (χ0n) is 8.66. The molecule has 2 nitrogen and oxygen atoms in total. The van der Waals surface area contributed by atoms with Gasteiger partial charge in [-0.3, -0.25) is 0 Å². The second kappa shape index (κ2) is 3.54. The van der Waals surface area contributed by atoms with Gasteiger partial charge in [0.05, 0.1) is 5.69 Å². The number of allylic oxidation sites excluding steroid dienone is 5. The molecule has 2 heteroatoms. The van der Waals surface area contributed by atoms with Crippen molar-refractivity contribution in [3.05, 3.63) is 41.5 Å². The summed E-state index contributed by atoms with van der Waals surface area (Å²) in [6.45, 7) is 0. The van der Waals surface area contributed by atoms with E-state index in [-0.39, 0.29) is 0 Å². The molecule has 0 radical (unpaired) electrons. The van der Waals surface area contributed by atoms with Crippen molar-refractivity contribution in [2.75, 3.05) is 0 Å². The zero-order chi connectivity index (χ0) is 10.1. The van der Waals surface area contributed by atoms with Crippen molar-refractivity contribution in [3.8, 4) is 0 Å². The molecule has 1 heterocycles. The van der Waals surface area contributed by atoms with E-state index in [1.165, 1.54) is 11.3 Å². The molecule has 2 aliphatic rings. The van der Waals surface area contributed by atoms with Gasteiger partial charge < -0.3 is 4.98 Å². The average molecular weight is 198 g/mol. The van der Waals surface area contributed by atoms with Crippen LogP contribution in [0, 0.1) is 0 Å². The number of aromatic nitrogens is 2. The van der Waals surface area contributed by atoms with E-state index < -0.39 is 0 Å². The highest BCUT2D eigenvalue weighted by molar-refractivity contribution is 5.65. The van der Waals surface area contributed by atoms with Gasteiger partial charge in [0.2, 0.25) is 0 Å². The minimum atomic E-state index is 1.07. The maximum Gasteiger partial charge on any atom is 0.134 e. The molecule has 3 rings (SSSR count). The second-order valence-electron chi connectivity index (χ2n) is 4.05. The number of rotatable bonds is 1. The number of nitrogens with one attached hydrogen (secondary N) is 1. The maximum absolute atomic E-state index is 4.63. The zero-order valence-corrected chi connectivity index (χ0v) is 8.66. The summed E-state index contributed by atoms with van der Waals surface area (Å²) in [6.07, 6.45) is 15.3. The van der Waals surface area contributed by atoms with E-state index in [1.807, 2.05) is 0 Å². The predicted molar refractivity (Wildman–Crippen MR) is 62.3 cm³/mol. The molecular formula is C13H14N2. The van der Waals surface area contributed by atoms with E-state index in [0.29, 0.717) is 0 Å². The van der Waals surface area contributed by atoms with Crippen molar-refractivity contribution in [1.29, 1.82) is 0 Å². The smallest absolute Gasteiger partial charge is 0.134 e. The van der Waals surface area contributed by atoms with E-state index in [1.54, 1.807) is 0 Å². The van der Waals surface area contributed by atoms with E-state index in [0.717, 1.165) is 37.2 Å². The highest BCUT2D eigenvalue weighted by Gasteiger charge is 2.13. The minimum absolute atomic E-state index is 1.07. The summed E-state index contributed by atoms with van der Waals surface area (Å²) < 4.78 is 0. The Kier molecular flexibility index (Phi) is 2.05. The van der Waals surface area contributed by atoms with Crippen molar-refractivity contribution < 1.29 is 0 Å². The van der Waals surface area contributed by atoms with E-state index in [2.05, 4.69) is 40.3 Å². The van der Waals surface area contributed by atoms with Gasteiger partial charge in [0.1, 0.15) is 5.82 Å². The largest absolute Gasteiger partial charge is 0.342 e. The molecule has 0 unspecified atom stereocenters. The number of hydrogen-bond acceptors (Lipinski definition) is 1.